The Hall–Kier alpha value is -2.90. The quantitative estimate of drug-likeness (QED) is 0.336. The fourth-order valence-corrected chi connectivity index (χ4v) is 5.15. The van der Waals surface area contributed by atoms with E-state index in [1.807, 2.05) is 24.7 Å². The third kappa shape index (κ3) is 6.90. The van der Waals surface area contributed by atoms with Crippen molar-refractivity contribution >= 4 is 15.8 Å². The van der Waals surface area contributed by atoms with Crippen LogP contribution in [0, 0.1) is 12.8 Å². The molecule has 4 N–H and O–H groups in total. The van der Waals surface area contributed by atoms with Gasteiger partial charge < -0.3 is 15.6 Å². The highest BCUT2D eigenvalue weighted by Crippen LogP contribution is 2.29. The van der Waals surface area contributed by atoms with Gasteiger partial charge in [-0.05, 0) is 37.0 Å². The van der Waals surface area contributed by atoms with E-state index >= 15 is 0 Å². The topological polar surface area (TPSA) is 148 Å². The zero-order valence-corrected chi connectivity index (χ0v) is 22.1. The number of morpholine rings is 1. The predicted molar refractivity (Wildman–Crippen MR) is 141 cm³/mol. The molecule has 0 amide bonds. The van der Waals surface area contributed by atoms with Gasteiger partial charge >= 0.3 is 0 Å². The average molecular weight is 530 g/mol. The van der Waals surface area contributed by atoms with Gasteiger partial charge in [-0.2, -0.15) is 5.10 Å². The Morgan fingerprint density at radius 2 is 2.00 bits per heavy atom. The van der Waals surface area contributed by atoms with Crippen LogP contribution in [0.25, 0.3) is 22.5 Å². The molecular formula is C25H35N7O4S. The number of anilines is 1. The molecule has 1 aliphatic rings. The second-order valence-electron chi connectivity index (χ2n) is 9.39. The maximum absolute atomic E-state index is 12.9. The van der Waals surface area contributed by atoms with E-state index in [0.29, 0.717) is 23.4 Å². The van der Waals surface area contributed by atoms with Crippen LogP contribution in [0.4, 0.5) is 5.82 Å². The van der Waals surface area contributed by atoms with Crippen molar-refractivity contribution < 1.29 is 18.3 Å². The zero-order valence-electron chi connectivity index (χ0n) is 21.3. The van der Waals surface area contributed by atoms with Crippen molar-refractivity contribution in [2.45, 2.75) is 31.7 Å². The molecule has 2 aromatic heterocycles. The lowest BCUT2D eigenvalue weighted by Gasteiger charge is -2.26. The van der Waals surface area contributed by atoms with Gasteiger partial charge in [-0.25, -0.2) is 23.1 Å². The van der Waals surface area contributed by atoms with Gasteiger partial charge in [-0.15, -0.1) is 0 Å². The minimum absolute atomic E-state index is 0.0152. The number of benzene rings is 1. The molecule has 1 aliphatic heterocycles. The van der Waals surface area contributed by atoms with Gasteiger partial charge in [0.25, 0.3) is 0 Å². The number of nitrogens with two attached hydrogens (primary N) is 1. The van der Waals surface area contributed by atoms with E-state index in [0.717, 1.165) is 50.5 Å². The molecule has 0 radical (unpaired) electrons. The van der Waals surface area contributed by atoms with E-state index in [1.54, 1.807) is 30.6 Å². The summed E-state index contributed by atoms with van der Waals surface area (Å²) in [7, 11) is -3.72. The number of aliphatic hydroxyl groups excluding tert-OH is 1. The first-order valence-corrected chi connectivity index (χ1v) is 13.9. The minimum atomic E-state index is -3.72. The van der Waals surface area contributed by atoms with Gasteiger partial charge in [0.15, 0.2) is 0 Å². The number of rotatable bonds is 11. The number of nitrogens with zero attached hydrogens (tertiary/aromatic N) is 5. The molecule has 3 aromatic rings. The summed E-state index contributed by atoms with van der Waals surface area (Å²) in [5.41, 5.74) is 9.45. The molecule has 200 valence electrons. The first kappa shape index (κ1) is 27.1. The molecule has 1 saturated heterocycles. The Morgan fingerprint density at radius 1 is 1.22 bits per heavy atom. The van der Waals surface area contributed by atoms with Crippen molar-refractivity contribution in [1.29, 1.82) is 0 Å². The second-order valence-corrected chi connectivity index (χ2v) is 11.2. The maximum atomic E-state index is 12.9. The van der Waals surface area contributed by atoms with Crippen molar-refractivity contribution in [2.24, 2.45) is 5.92 Å². The summed E-state index contributed by atoms with van der Waals surface area (Å²) in [6.07, 6.45) is 5.71. The number of nitrogens with one attached hydrogen (secondary N) is 1. The molecule has 0 bridgehead atoms. The normalized spacial score (nSPS) is 15.6. The molecule has 3 heterocycles. The lowest BCUT2D eigenvalue weighted by atomic mass is 10.1. The standard InChI is InChI=1S/C25H35N7O4S/c1-18(17-33)5-6-29-37(34,35)21-4-3-19(2)22(13-21)23-15-27-25(26)24(30-23)20-14-28-32(16-20)8-7-31-9-11-36-12-10-31/h3-4,13-16,18,29,33H,5-12,17H2,1-2H3,(H2,26,27). The molecular weight excluding hydrogens is 494 g/mol. The highest BCUT2D eigenvalue weighted by atomic mass is 32.2. The molecule has 4 rings (SSSR count). The average Bonchev–Trinajstić information content (AvgIpc) is 3.37. The molecule has 1 unspecified atom stereocenters. The van der Waals surface area contributed by atoms with E-state index in [9.17, 15) is 13.5 Å². The molecule has 0 saturated carbocycles. The van der Waals surface area contributed by atoms with Crippen molar-refractivity contribution in [2.75, 3.05) is 51.7 Å². The number of hydrogen-bond acceptors (Lipinski definition) is 9. The van der Waals surface area contributed by atoms with Gasteiger partial charge in [0, 0.05) is 50.1 Å². The van der Waals surface area contributed by atoms with Crippen molar-refractivity contribution in [3.63, 3.8) is 0 Å². The summed E-state index contributed by atoms with van der Waals surface area (Å²) >= 11 is 0. The van der Waals surface area contributed by atoms with Crippen LogP contribution in [0.2, 0.25) is 0 Å². The lowest BCUT2D eigenvalue weighted by molar-refractivity contribution is 0.0360. The Labute approximate surface area is 217 Å². The molecule has 12 heteroatoms. The molecule has 1 atom stereocenters. The van der Waals surface area contributed by atoms with Crippen molar-refractivity contribution in [3.05, 3.63) is 42.4 Å². The summed E-state index contributed by atoms with van der Waals surface area (Å²) in [6, 6.07) is 4.92. The SMILES string of the molecule is Cc1ccc(S(=O)(=O)NCCC(C)CO)cc1-c1cnc(N)c(-c2cnn(CCN3CCOCC3)c2)n1. The highest BCUT2D eigenvalue weighted by molar-refractivity contribution is 7.89. The number of aromatic nitrogens is 4. The Morgan fingerprint density at radius 3 is 2.76 bits per heavy atom. The fraction of sp³-hybridized carbons (Fsp3) is 0.480. The lowest BCUT2D eigenvalue weighted by Crippen LogP contribution is -2.38. The third-order valence-electron chi connectivity index (χ3n) is 6.49. The van der Waals surface area contributed by atoms with Gasteiger partial charge in [0.2, 0.25) is 10.0 Å². The van der Waals surface area contributed by atoms with Crippen LogP contribution >= 0.6 is 0 Å². The number of hydrogen-bond donors (Lipinski definition) is 3. The van der Waals surface area contributed by atoms with Gasteiger partial charge in [0.1, 0.15) is 11.5 Å². The predicted octanol–water partition coefficient (Wildman–Crippen LogP) is 1.53. The monoisotopic (exact) mass is 529 g/mol. The Kier molecular flexibility index (Phi) is 8.87. The van der Waals surface area contributed by atoms with E-state index in [2.05, 4.69) is 19.7 Å². The first-order chi connectivity index (χ1) is 17.8. The van der Waals surface area contributed by atoms with E-state index in [4.69, 9.17) is 15.5 Å². The van der Waals surface area contributed by atoms with Crippen LogP contribution in [-0.4, -0.2) is 84.2 Å². The highest BCUT2D eigenvalue weighted by Gasteiger charge is 2.18. The Balaban J connectivity index is 1.53. The largest absolute Gasteiger partial charge is 0.396 e. The zero-order chi connectivity index (χ0) is 26.4. The molecule has 1 aromatic carbocycles. The number of aryl methyl sites for hydroxylation is 1. The van der Waals surface area contributed by atoms with Crippen molar-refractivity contribution in [3.8, 4) is 22.5 Å². The molecule has 0 spiro atoms. The number of nitrogen functional groups attached to an aromatic ring is 1. The maximum Gasteiger partial charge on any atom is 0.240 e. The van der Waals surface area contributed by atoms with Crippen LogP contribution in [0.1, 0.15) is 18.9 Å². The smallest absolute Gasteiger partial charge is 0.240 e. The van der Waals surface area contributed by atoms with Gasteiger partial charge in [-0.3, -0.25) is 9.58 Å². The summed E-state index contributed by atoms with van der Waals surface area (Å²) in [4.78, 5) is 11.6. The van der Waals surface area contributed by atoms with E-state index < -0.39 is 10.0 Å². The minimum Gasteiger partial charge on any atom is -0.396 e. The van der Waals surface area contributed by atoms with Gasteiger partial charge in [-0.1, -0.05) is 13.0 Å². The van der Waals surface area contributed by atoms with Crippen LogP contribution < -0.4 is 10.5 Å². The fourth-order valence-electron chi connectivity index (χ4n) is 4.08. The van der Waals surface area contributed by atoms with E-state index in [-0.39, 0.29) is 29.8 Å². The molecule has 11 nitrogen and oxygen atoms in total. The molecule has 37 heavy (non-hydrogen) atoms. The second kappa shape index (κ2) is 12.1. The van der Waals surface area contributed by atoms with Crippen LogP contribution in [0.3, 0.4) is 0 Å². The van der Waals surface area contributed by atoms with Crippen LogP contribution in [0.5, 0.6) is 0 Å². The molecule has 0 aliphatic carbocycles. The number of aliphatic hydroxyl groups is 1. The summed E-state index contributed by atoms with van der Waals surface area (Å²) in [5, 5.41) is 13.6. The van der Waals surface area contributed by atoms with E-state index in [1.165, 1.54) is 0 Å². The first-order valence-electron chi connectivity index (χ1n) is 12.4. The summed E-state index contributed by atoms with van der Waals surface area (Å²) in [6.45, 7) is 8.96. The summed E-state index contributed by atoms with van der Waals surface area (Å²) < 4.78 is 35.6. The van der Waals surface area contributed by atoms with Gasteiger partial charge in [0.05, 0.1) is 42.7 Å². The molecule has 1 fully saturated rings. The Bertz CT molecular complexity index is 1310. The summed E-state index contributed by atoms with van der Waals surface area (Å²) in [5.74, 6) is 0.293. The number of ether oxygens (including phenoxy) is 1. The van der Waals surface area contributed by atoms with Crippen LogP contribution in [0.15, 0.2) is 41.7 Å². The van der Waals surface area contributed by atoms with Crippen LogP contribution in [-0.2, 0) is 21.3 Å². The third-order valence-corrected chi connectivity index (χ3v) is 7.95. The number of sulfonamides is 1. The van der Waals surface area contributed by atoms with Crippen molar-refractivity contribution in [1.82, 2.24) is 29.4 Å².